The first-order chi connectivity index (χ1) is 19.4. The van der Waals surface area contributed by atoms with Crippen molar-refractivity contribution in [1.82, 2.24) is 19.9 Å². The second kappa shape index (κ2) is 14.1. The Morgan fingerprint density at radius 2 is 1.60 bits per heavy atom. The van der Waals surface area contributed by atoms with Crippen LogP contribution in [0.3, 0.4) is 0 Å². The molecule has 0 radical (unpaired) electrons. The number of amides is 2. The van der Waals surface area contributed by atoms with E-state index in [1.54, 1.807) is 4.68 Å². The Kier molecular flexibility index (Phi) is 10.3. The number of nitrogens with zero attached hydrogens (tertiary/aromatic N) is 5. The molecule has 2 heterocycles. The third kappa shape index (κ3) is 7.29. The van der Waals surface area contributed by atoms with Crippen LogP contribution in [0.4, 0.5) is 5.69 Å². The molecule has 1 aliphatic heterocycles. The summed E-state index contributed by atoms with van der Waals surface area (Å²) in [6, 6.07) is 15.6. The topological polar surface area (TPSA) is 80.6 Å². The summed E-state index contributed by atoms with van der Waals surface area (Å²) in [4.78, 5) is 31.1. The van der Waals surface area contributed by atoms with Gasteiger partial charge in [0.15, 0.2) is 5.69 Å². The predicted octanol–water partition coefficient (Wildman–Crippen LogP) is 6.35. The summed E-state index contributed by atoms with van der Waals surface area (Å²) >= 11 is 0. The number of anilines is 1. The maximum atomic E-state index is 14.0. The molecular weight excluding hydrogens is 502 g/mol. The largest absolute Gasteiger partial charge is 0.494 e. The lowest BCUT2D eigenvalue weighted by molar-refractivity contribution is -0.119. The molecule has 0 atom stereocenters. The molecule has 8 heteroatoms. The number of fused-ring (bicyclic) bond motifs is 1. The van der Waals surface area contributed by atoms with Gasteiger partial charge in [-0.1, -0.05) is 62.9 Å². The average Bonchev–Trinajstić information content (AvgIpc) is 3.33. The molecule has 0 bridgehead atoms. The maximum Gasteiger partial charge on any atom is 0.276 e. The van der Waals surface area contributed by atoms with Gasteiger partial charge in [-0.2, -0.15) is 0 Å². The van der Waals surface area contributed by atoms with E-state index in [9.17, 15) is 9.59 Å². The van der Waals surface area contributed by atoms with Crippen LogP contribution in [0.2, 0.25) is 0 Å². The monoisotopic (exact) mass is 545 g/mol. The third-order valence-electron chi connectivity index (χ3n) is 7.36. The fourth-order valence-electron chi connectivity index (χ4n) is 5.26. The number of carbonyl (C=O) groups excluding carboxylic acids is 2. The summed E-state index contributed by atoms with van der Waals surface area (Å²) in [5, 5.41) is 8.65. The molecule has 0 unspecified atom stereocenters. The zero-order chi connectivity index (χ0) is 28.5. The lowest BCUT2D eigenvalue weighted by atomic mass is 10.1. The van der Waals surface area contributed by atoms with E-state index in [4.69, 9.17) is 4.74 Å². The number of benzene rings is 2. The highest BCUT2D eigenvalue weighted by Crippen LogP contribution is 2.27. The van der Waals surface area contributed by atoms with Crippen molar-refractivity contribution in [2.75, 3.05) is 24.6 Å². The minimum atomic E-state index is -0.139. The molecular formula is C32H43N5O3. The van der Waals surface area contributed by atoms with Crippen LogP contribution < -0.4 is 9.64 Å². The molecule has 0 N–H and O–H groups in total. The number of ether oxygens (including phenoxy) is 1. The highest BCUT2D eigenvalue weighted by Gasteiger charge is 2.26. The average molecular weight is 546 g/mol. The number of carbonyl (C=O) groups is 2. The smallest absolute Gasteiger partial charge is 0.276 e. The van der Waals surface area contributed by atoms with E-state index < -0.39 is 0 Å². The van der Waals surface area contributed by atoms with Crippen molar-refractivity contribution in [1.29, 1.82) is 0 Å². The lowest BCUT2D eigenvalue weighted by Gasteiger charge is -2.29. The number of para-hydroxylation sites is 1. The standard InChI is InChI=1S/C32H43N5O3/c1-5-40-28-18-16-27(17-19-28)37-25(4)31(33-34-37)32(39)35-20-12-8-6-7-9-13-21-36(30(38)22-24(2)3)29-15-11-10-14-26(29)23-35/h10-11,14-19,24H,5-9,12-13,20-23H2,1-4H3. The van der Waals surface area contributed by atoms with Crippen molar-refractivity contribution >= 4 is 17.5 Å². The Labute approximate surface area is 238 Å². The van der Waals surface area contributed by atoms with Gasteiger partial charge < -0.3 is 14.5 Å². The molecule has 40 heavy (non-hydrogen) atoms. The van der Waals surface area contributed by atoms with Crippen molar-refractivity contribution < 1.29 is 14.3 Å². The van der Waals surface area contributed by atoms with E-state index in [0.29, 0.717) is 44.0 Å². The quantitative estimate of drug-likeness (QED) is 0.361. The van der Waals surface area contributed by atoms with Crippen LogP contribution >= 0.6 is 0 Å². The summed E-state index contributed by atoms with van der Waals surface area (Å²) < 4.78 is 7.25. The first kappa shape index (κ1) is 29.3. The second-order valence-electron chi connectivity index (χ2n) is 11.0. The molecule has 1 aromatic heterocycles. The van der Waals surface area contributed by atoms with E-state index in [-0.39, 0.29) is 17.7 Å². The van der Waals surface area contributed by atoms with Crippen LogP contribution in [0.5, 0.6) is 5.75 Å². The van der Waals surface area contributed by atoms with Crippen molar-refractivity contribution in [2.45, 2.75) is 79.2 Å². The number of rotatable bonds is 6. The van der Waals surface area contributed by atoms with Crippen molar-refractivity contribution in [3.05, 3.63) is 65.5 Å². The lowest BCUT2D eigenvalue weighted by Crippen LogP contribution is -2.36. The molecule has 0 saturated heterocycles. The first-order valence-electron chi connectivity index (χ1n) is 14.7. The van der Waals surface area contributed by atoms with Crippen molar-refractivity contribution in [3.8, 4) is 11.4 Å². The summed E-state index contributed by atoms with van der Waals surface area (Å²) in [6.07, 6.45) is 6.85. The van der Waals surface area contributed by atoms with Gasteiger partial charge in [-0.05, 0) is 68.5 Å². The van der Waals surface area contributed by atoms with E-state index in [2.05, 4.69) is 24.2 Å². The Balaban J connectivity index is 1.64. The van der Waals surface area contributed by atoms with Crippen LogP contribution in [0.25, 0.3) is 5.69 Å². The van der Waals surface area contributed by atoms with Gasteiger partial charge in [0.25, 0.3) is 5.91 Å². The van der Waals surface area contributed by atoms with Gasteiger partial charge in [-0.25, -0.2) is 4.68 Å². The van der Waals surface area contributed by atoms with Crippen LogP contribution in [-0.4, -0.2) is 51.4 Å². The van der Waals surface area contributed by atoms with Crippen molar-refractivity contribution in [3.63, 3.8) is 0 Å². The molecule has 2 amide bonds. The highest BCUT2D eigenvalue weighted by molar-refractivity contribution is 5.95. The summed E-state index contributed by atoms with van der Waals surface area (Å²) in [5.41, 5.74) is 3.74. The zero-order valence-electron chi connectivity index (χ0n) is 24.4. The van der Waals surface area contributed by atoms with E-state index in [0.717, 1.165) is 61.2 Å². The Hall–Kier alpha value is -3.68. The third-order valence-corrected chi connectivity index (χ3v) is 7.36. The molecule has 4 rings (SSSR count). The van der Waals surface area contributed by atoms with Gasteiger partial charge in [-0.15, -0.1) is 5.10 Å². The molecule has 2 aromatic carbocycles. The summed E-state index contributed by atoms with van der Waals surface area (Å²) in [5.74, 6) is 1.07. The van der Waals surface area contributed by atoms with E-state index >= 15 is 0 Å². The van der Waals surface area contributed by atoms with Crippen LogP contribution in [0.15, 0.2) is 48.5 Å². The van der Waals surface area contributed by atoms with Crippen LogP contribution in [-0.2, 0) is 11.3 Å². The summed E-state index contributed by atoms with van der Waals surface area (Å²) in [7, 11) is 0. The normalized spacial score (nSPS) is 15.1. The zero-order valence-corrected chi connectivity index (χ0v) is 24.4. The van der Waals surface area contributed by atoms with Gasteiger partial charge in [0.05, 0.1) is 18.0 Å². The van der Waals surface area contributed by atoms with E-state index in [1.165, 1.54) is 0 Å². The molecule has 214 valence electrons. The van der Waals surface area contributed by atoms with Gasteiger partial charge in [0.1, 0.15) is 5.75 Å². The minimum Gasteiger partial charge on any atom is -0.494 e. The molecule has 0 fully saturated rings. The Morgan fingerprint density at radius 3 is 2.30 bits per heavy atom. The van der Waals surface area contributed by atoms with Crippen LogP contribution in [0.1, 0.15) is 87.5 Å². The van der Waals surface area contributed by atoms with Crippen LogP contribution in [0, 0.1) is 12.8 Å². The molecule has 0 aliphatic carbocycles. The van der Waals surface area contributed by atoms with Gasteiger partial charge in [0.2, 0.25) is 5.91 Å². The molecule has 0 saturated carbocycles. The maximum absolute atomic E-state index is 14.0. The second-order valence-corrected chi connectivity index (χ2v) is 11.0. The molecule has 0 spiro atoms. The molecule has 1 aliphatic rings. The van der Waals surface area contributed by atoms with Gasteiger partial charge in [0, 0.05) is 31.7 Å². The SMILES string of the molecule is CCOc1ccc(-n2nnc(C(=O)N3CCCCCCCCN(C(=O)CC(C)C)c4ccccc4C3)c2C)cc1. The fraction of sp³-hybridized carbons (Fsp3) is 0.500. The summed E-state index contributed by atoms with van der Waals surface area (Å²) in [6.45, 7) is 10.3. The van der Waals surface area contributed by atoms with Crippen molar-refractivity contribution in [2.24, 2.45) is 5.92 Å². The first-order valence-corrected chi connectivity index (χ1v) is 14.7. The number of hydrogen-bond acceptors (Lipinski definition) is 5. The van der Waals surface area contributed by atoms with Gasteiger partial charge in [-0.3, -0.25) is 9.59 Å². The number of hydrogen-bond donors (Lipinski definition) is 0. The Morgan fingerprint density at radius 1 is 0.925 bits per heavy atom. The minimum absolute atomic E-state index is 0.139. The molecule has 3 aromatic rings. The predicted molar refractivity (Wildman–Crippen MR) is 158 cm³/mol. The highest BCUT2D eigenvalue weighted by atomic mass is 16.5. The molecule has 8 nitrogen and oxygen atoms in total. The van der Waals surface area contributed by atoms with E-state index in [1.807, 2.05) is 72.2 Å². The fourth-order valence-corrected chi connectivity index (χ4v) is 5.26. The Bertz CT molecular complexity index is 1270. The van der Waals surface area contributed by atoms with Gasteiger partial charge >= 0.3 is 0 Å². The number of aromatic nitrogens is 3.